The van der Waals surface area contributed by atoms with Crippen LogP contribution in [0.15, 0.2) is 22.6 Å². The van der Waals surface area contributed by atoms with Crippen molar-refractivity contribution in [1.82, 2.24) is 10.2 Å². The van der Waals surface area contributed by atoms with E-state index >= 15 is 0 Å². The number of carbonyl (C=O) groups excluding carboxylic acids is 2. The monoisotopic (exact) mass is 346 g/mol. The molecule has 2 aromatic rings. The van der Waals surface area contributed by atoms with E-state index in [1.54, 1.807) is 25.0 Å². The molecule has 1 aliphatic heterocycles. The SMILES string of the molecule is COc1cccc2c(C)c(C(=O)N[C@H](C)C(=O)N3CCOCC3)oc12. The average Bonchev–Trinajstić information content (AvgIpc) is 2.98. The zero-order chi connectivity index (χ0) is 18.0. The zero-order valence-corrected chi connectivity index (χ0v) is 14.6. The number of nitrogens with one attached hydrogen (secondary N) is 1. The molecule has 7 nitrogen and oxygen atoms in total. The lowest BCUT2D eigenvalue weighted by molar-refractivity contribution is -0.136. The molecule has 1 atom stereocenters. The van der Waals surface area contributed by atoms with Gasteiger partial charge < -0.3 is 24.1 Å². The van der Waals surface area contributed by atoms with E-state index in [0.717, 1.165) is 10.9 Å². The molecular weight excluding hydrogens is 324 g/mol. The van der Waals surface area contributed by atoms with Crippen molar-refractivity contribution in [3.8, 4) is 5.75 Å². The van der Waals surface area contributed by atoms with Gasteiger partial charge in [-0.2, -0.15) is 0 Å². The quantitative estimate of drug-likeness (QED) is 0.912. The van der Waals surface area contributed by atoms with Crippen LogP contribution in [0.4, 0.5) is 0 Å². The number of hydrogen-bond acceptors (Lipinski definition) is 5. The first-order valence-corrected chi connectivity index (χ1v) is 8.26. The Balaban J connectivity index is 1.77. The predicted molar refractivity (Wildman–Crippen MR) is 91.8 cm³/mol. The van der Waals surface area contributed by atoms with Gasteiger partial charge in [0.15, 0.2) is 17.1 Å². The number of rotatable bonds is 4. The molecule has 0 radical (unpaired) electrons. The molecule has 25 heavy (non-hydrogen) atoms. The number of carbonyl (C=O) groups is 2. The number of methoxy groups -OCH3 is 1. The highest BCUT2D eigenvalue weighted by Crippen LogP contribution is 2.32. The molecule has 7 heteroatoms. The Morgan fingerprint density at radius 3 is 2.68 bits per heavy atom. The van der Waals surface area contributed by atoms with E-state index in [0.29, 0.717) is 37.6 Å². The Kier molecular flexibility index (Phi) is 4.94. The van der Waals surface area contributed by atoms with E-state index in [1.165, 1.54) is 0 Å². The third kappa shape index (κ3) is 3.32. The average molecular weight is 346 g/mol. The Bertz CT molecular complexity index is 792. The van der Waals surface area contributed by atoms with E-state index < -0.39 is 11.9 Å². The number of para-hydroxylation sites is 1. The van der Waals surface area contributed by atoms with Crippen molar-refractivity contribution < 1.29 is 23.5 Å². The van der Waals surface area contributed by atoms with Crippen LogP contribution in [-0.4, -0.2) is 56.2 Å². The summed E-state index contributed by atoms with van der Waals surface area (Å²) >= 11 is 0. The number of benzene rings is 1. The van der Waals surface area contributed by atoms with Crippen LogP contribution in [0.25, 0.3) is 11.0 Å². The summed E-state index contributed by atoms with van der Waals surface area (Å²) in [7, 11) is 1.55. The molecule has 0 spiro atoms. The molecule has 0 unspecified atom stereocenters. The lowest BCUT2D eigenvalue weighted by Gasteiger charge is -2.29. The van der Waals surface area contributed by atoms with E-state index in [2.05, 4.69) is 5.32 Å². The normalized spacial score (nSPS) is 15.9. The minimum absolute atomic E-state index is 0.122. The van der Waals surface area contributed by atoms with Gasteiger partial charge in [0.05, 0.1) is 20.3 Å². The second-order valence-corrected chi connectivity index (χ2v) is 6.03. The molecule has 1 aliphatic rings. The van der Waals surface area contributed by atoms with Gasteiger partial charge in [-0.05, 0) is 19.9 Å². The van der Waals surface area contributed by atoms with Gasteiger partial charge in [0.25, 0.3) is 5.91 Å². The van der Waals surface area contributed by atoms with Crippen LogP contribution >= 0.6 is 0 Å². The number of aryl methyl sites for hydroxylation is 1. The maximum atomic E-state index is 12.6. The Labute approximate surface area is 145 Å². The molecular formula is C18H22N2O5. The largest absolute Gasteiger partial charge is 0.493 e. The number of hydrogen-bond donors (Lipinski definition) is 1. The summed E-state index contributed by atoms with van der Waals surface area (Å²) in [5, 5.41) is 3.54. The van der Waals surface area contributed by atoms with Crippen molar-refractivity contribution in [3.05, 3.63) is 29.5 Å². The molecule has 1 aromatic heterocycles. The van der Waals surface area contributed by atoms with E-state index in [9.17, 15) is 9.59 Å². The predicted octanol–water partition coefficient (Wildman–Crippen LogP) is 1.73. The number of nitrogens with zero attached hydrogens (tertiary/aromatic N) is 1. The van der Waals surface area contributed by atoms with Gasteiger partial charge in [-0.25, -0.2) is 0 Å². The number of ether oxygens (including phenoxy) is 2. The molecule has 2 heterocycles. The first kappa shape index (κ1) is 17.3. The lowest BCUT2D eigenvalue weighted by atomic mass is 10.1. The summed E-state index contributed by atoms with van der Waals surface area (Å²) in [6.45, 7) is 5.62. The summed E-state index contributed by atoms with van der Waals surface area (Å²) in [5.74, 6) is 0.228. The van der Waals surface area contributed by atoms with Crippen molar-refractivity contribution in [2.24, 2.45) is 0 Å². The molecule has 3 rings (SSSR count). The van der Waals surface area contributed by atoms with Gasteiger partial charge in [0, 0.05) is 24.0 Å². The maximum absolute atomic E-state index is 12.6. The summed E-state index contributed by atoms with van der Waals surface area (Å²) in [5.41, 5.74) is 1.25. The molecule has 0 saturated carbocycles. The molecule has 2 amide bonds. The van der Waals surface area contributed by atoms with E-state index in [4.69, 9.17) is 13.9 Å². The number of fused-ring (bicyclic) bond motifs is 1. The van der Waals surface area contributed by atoms with Gasteiger partial charge in [-0.15, -0.1) is 0 Å². The number of morpholine rings is 1. The van der Waals surface area contributed by atoms with Crippen molar-refractivity contribution in [3.63, 3.8) is 0 Å². The fraction of sp³-hybridized carbons (Fsp3) is 0.444. The van der Waals surface area contributed by atoms with Gasteiger partial charge in [-0.1, -0.05) is 12.1 Å². The summed E-state index contributed by atoms with van der Waals surface area (Å²) in [6, 6.07) is 4.85. The minimum atomic E-state index is -0.639. The first-order chi connectivity index (χ1) is 12.0. The molecule has 0 aliphatic carbocycles. The second-order valence-electron chi connectivity index (χ2n) is 6.03. The van der Waals surface area contributed by atoms with Crippen molar-refractivity contribution in [2.75, 3.05) is 33.4 Å². The molecule has 1 aromatic carbocycles. The highest BCUT2D eigenvalue weighted by atomic mass is 16.5. The fourth-order valence-corrected chi connectivity index (χ4v) is 2.98. The number of amides is 2. The standard InChI is InChI=1S/C18H22N2O5/c1-11-13-5-4-6-14(23-3)16(13)25-15(11)17(21)19-12(2)18(22)20-7-9-24-10-8-20/h4-6,12H,7-10H2,1-3H3,(H,19,21)/t12-/m1/s1. The van der Waals surface area contributed by atoms with Crippen LogP contribution in [0, 0.1) is 6.92 Å². The van der Waals surface area contributed by atoms with Crippen molar-refractivity contribution >= 4 is 22.8 Å². The van der Waals surface area contributed by atoms with Gasteiger partial charge in [0.2, 0.25) is 5.91 Å². The maximum Gasteiger partial charge on any atom is 0.287 e. The third-order valence-corrected chi connectivity index (χ3v) is 4.39. The molecule has 1 N–H and O–H groups in total. The van der Waals surface area contributed by atoms with E-state index in [1.807, 2.05) is 19.1 Å². The molecule has 0 bridgehead atoms. The second kappa shape index (κ2) is 7.14. The lowest BCUT2D eigenvalue weighted by Crippen LogP contribution is -2.50. The highest BCUT2D eigenvalue weighted by molar-refractivity contribution is 6.01. The van der Waals surface area contributed by atoms with Gasteiger partial charge in [0.1, 0.15) is 6.04 Å². The minimum Gasteiger partial charge on any atom is -0.493 e. The Hall–Kier alpha value is -2.54. The van der Waals surface area contributed by atoms with Crippen LogP contribution in [0.2, 0.25) is 0 Å². The third-order valence-electron chi connectivity index (χ3n) is 4.39. The van der Waals surface area contributed by atoms with Gasteiger partial charge >= 0.3 is 0 Å². The van der Waals surface area contributed by atoms with Crippen LogP contribution in [0.5, 0.6) is 5.75 Å². The van der Waals surface area contributed by atoms with Crippen molar-refractivity contribution in [2.45, 2.75) is 19.9 Å². The van der Waals surface area contributed by atoms with Crippen molar-refractivity contribution in [1.29, 1.82) is 0 Å². The van der Waals surface area contributed by atoms with E-state index in [-0.39, 0.29) is 11.7 Å². The van der Waals surface area contributed by atoms with Crippen LogP contribution in [0.3, 0.4) is 0 Å². The fourth-order valence-electron chi connectivity index (χ4n) is 2.98. The zero-order valence-electron chi connectivity index (χ0n) is 14.6. The Morgan fingerprint density at radius 1 is 1.28 bits per heavy atom. The Morgan fingerprint density at radius 2 is 2.00 bits per heavy atom. The van der Waals surface area contributed by atoms with Crippen LogP contribution in [-0.2, 0) is 9.53 Å². The summed E-state index contributed by atoms with van der Waals surface area (Å²) < 4.78 is 16.2. The molecule has 134 valence electrons. The van der Waals surface area contributed by atoms with Gasteiger partial charge in [-0.3, -0.25) is 9.59 Å². The summed E-state index contributed by atoms with van der Waals surface area (Å²) in [4.78, 5) is 26.7. The first-order valence-electron chi connectivity index (χ1n) is 8.26. The smallest absolute Gasteiger partial charge is 0.287 e. The van der Waals surface area contributed by atoms with Crippen LogP contribution < -0.4 is 10.1 Å². The van der Waals surface area contributed by atoms with Crippen LogP contribution in [0.1, 0.15) is 23.0 Å². The molecule has 1 fully saturated rings. The topological polar surface area (TPSA) is 81.0 Å². The highest BCUT2D eigenvalue weighted by Gasteiger charge is 2.26. The molecule has 1 saturated heterocycles. The number of furan rings is 1. The summed E-state index contributed by atoms with van der Waals surface area (Å²) in [6.07, 6.45) is 0.